The zero-order valence-electron chi connectivity index (χ0n) is 16.5. The summed E-state index contributed by atoms with van der Waals surface area (Å²) in [6, 6.07) is 11.8. The topological polar surface area (TPSA) is 83.6 Å². The maximum Gasteiger partial charge on any atom is 0.269 e. The number of rotatable bonds is 6. The summed E-state index contributed by atoms with van der Waals surface area (Å²) in [4.78, 5) is 31.0. The molecule has 2 aromatic carbocycles. The molecule has 2 aromatic heterocycles. The molecule has 0 bridgehead atoms. The summed E-state index contributed by atoms with van der Waals surface area (Å²) >= 11 is 6.01. The van der Waals surface area contributed by atoms with Crippen LogP contribution in [0.15, 0.2) is 56.5 Å². The van der Waals surface area contributed by atoms with Crippen LogP contribution >= 0.6 is 11.6 Å². The average Bonchev–Trinajstić information content (AvgIpc) is 2.75. The molecule has 0 aliphatic carbocycles. The largest absolute Gasteiger partial charge is 0.497 e. The predicted molar refractivity (Wildman–Crippen MR) is 116 cm³/mol. The number of nitrogens with zero attached hydrogens (tertiary/aromatic N) is 2. The van der Waals surface area contributed by atoms with Crippen LogP contribution in [0.3, 0.4) is 0 Å². The quantitative estimate of drug-likeness (QED) is 0.344. The molecular weight excluding hydrogens is 408 g/mol. The van der Waals surface area contributed by atoms with Gasteiger partial charge >= 0.3 is 0 Å². The molecule has 154 valence electrons. The minimum Gasteiger partial charge on any atom is -0.497 e. The van der Waals surface area contributed by atoms with Crippen LogP contribution in [0.2, 0.25) is 5.02 Å². The summed E-state index contributed by atoms with van der Waals surface area (Å²) in [6.45, 7) is 0.810. The van der Waals surface area contributed by atoms with Gasteiger partial charge in [0.15, 0.2) is 5.39 Å². The van der Waals surface area contributed by atoms with Crippen LogP contribution in [-0.4, -0.2) is 30.4 Å². The number of benzene rings is 2. The number of fused-ring (bicyclic) bond motifs is 2. The van der Waals surface area contributed by atoms with Gasteiger partial charge in [0.05, 0.1) is 12.5 Å². The van der Waals surface area contributed by atoms with Crippen LogP contribution in [0.4, 0.5) is 0 Å². The molecule has 8 heteroatoms. The zero-order valence-corrected chi connectivity index (χ0v) is 17.2. The molecule has 0 atom stereocenters. The van der Waals surface area contributed by atoms with Crippen molar-refractivity contribution in [2.75, 3.05) is 20.8 Å². The van der Waals surface area contributed by atoms with Gasteiger partial charge in [-0.1, -0.05) is 11.6 Å². The van der Waals surface area contributed by atoms with Crippen molar-refractivity contribution in [1.29, 1.82) is 0 Å². The molecule has 30 heavy (non-hydrogen) atoms. The molecule has 0 amide bonds. The van der Waals surface area contributed by atoms with Crippen molar-refractivity contribution < 1.29 is 13.9 Å². The maximum absolute atomic E-state index is 13.3. The Morgan fingerprint density at radius 1 is 1.10 bits per heavy atom. The molecule has 0 spiro atoms. The van der Waals surface area contributed by atoms with E-state index in [9.17, 15) is 9.59 Å². The molecule has 0 N–H and O–H groups in total. The number of methoxy groups -OCH3 is 2. The van der Waals surface area contributed by atoms with Gasteiger partial charge in [0, 0.05) is 36.9 Å². The monoisotopic (exact) mass is 426 g/mol. The molecule has 2 heterocycles. The maximum atomic E-state index is 13.3. The predicted octanol–water partition coefficient (Wildman–Crippen LogP) is 3.87. The van der Waals surface area contributed by atoms with Crippen LogP contribution < -0.4 is 15.7 Å². The van der Waals surface area contributed by atoms with E-state index in [1.54, 1.807) is 49.6 Å². The first-order chi connectivity index (χ1) is 14.5. The third kappa shape index (κ3) is 3.58. The highest BCUT2D eigenvalue weighted by atomic mass is 35.5. The summed E-state index contributed by atoms with van der Waals surface area (Å²) in [5.74, 6) is 0.932. The molecule has 4 aromatic rings. The average molecular weight is 427 g/mol. The Morgan fingerprint density at radius 2 is 1.87 bits per heavy atom. The molecule has 0 fully saturated rings. The zero-order chi connectivity index (χ0) is 21.3. The second kappa shape index (κ2) is 8.30. The van der Waals surface area contributed by atoms with Crippen LogP contribution in [0.5, 0.6) is 5.75 Å². The molecule has 7 nitrogen and oxygen atoms in total. The minimum atomic E-state index is -0.451. The van der Waals surface area contributed by atoms with Crippen LogP contribution in [0, 0.1) is 0 Å². The van der Waals surface area contributed by atoms with Crippen molar-refractivity contribution in [2.45, 2.75) is 13.0 Å². The molecule has 4 rings (SSSR count). The van der Waals surface area contributed by atoms with Crippen molar-refractivity contribution in [3.63, 3.8) is 0 Å². The SMILES string of the molecule is COCCCn1c(-c2ccc(Cl)cc2)nc2oc3cc(OC)ccc3c(=O)c2c1=O. The summed E-state index contributed by atoms with van der Waals surface area (Å²) in [7, 11) is 3.12. The molecule has 0 aliphatic rings. The van der Waals surface area contributed by atoms with Crippen LogP contribution in [-0.2, 0) is 11.3 Å². The summed E-state index contributed by atoms with van der Waals surface area (Å²) in [5.41, 5.74) is 0.0999. The van der Waals surface area contributed by atoms with E-state index in [0.717, 1.165) is 0 Å². The Morgan fingerprint density at radius 3 is 2.57 bits per heavy atom. The van der Waals surface area contributed by atoms with Gasteiger partial charge in [-0.25, -0.2) is 0 Å². The third-order valence-corrected chi connectivity index (χ3v) is 5.09. The van der Waals surface area contributed by atoms with Gasteiger partial charge in [-0.15, -0.1) is 0 Å². The van der Waals surface area contributed by atoms with Gasteiger partial charge in [-0.3, -0.25) is 14.2 Å². The lowest BCUT2D eigenvalue weighted by Crippen LogP contribution is -2.28. The molecule has 0 unspecified atom stereocenters. The Hall–Kier alpha value is -3.16. The standard InChI is InChI=1S/C22H19ClN2O5/c1-28-11-3-10-25-20(13-4-6-14(23)7-5-13)24-21-18(22(25)27)19(26)16-9-8-15(29-2)12-17(16)30-21/h4-9,12H,3,10-11H2,1-2H3. The van der Waals surface area contributed by atoms with E-state index in [-0.39, 0.29) is 11.1 Å². The Labute approximate surface area is 176 Å². The Bertz CT molecular complexity index is 1340. The van der Waals surface area contributed by atoms with Crippen molar-refractivity contribution in [2.24, 2.45) is 0 Å². The number of hydrogen-bond donors (Lipinski definition) is 0. The Balaban J connectivity index is 2.03. The van der Waals surface area contributed by atoms with Crippen LogP contribution in [0.25, 0.3) is 33.5 Å². The van der Waals surface area contributed by atoms with Crippen LogP contribution in [0.1, 0.15) is 6.42 Å². The van der Waals surface area contributed by atoms with Gasteiger partial charge in [-0.05, 0) is 42.8 Å². The smallest absolute Gasteiger partial charge is 0.269 e. The summed E-state index contributed by atoms with van der Waals surface area (Å²) < 4.78 is 17.7. The summed E-state index contributed by atoms with van der Waals surface area (Å²) in [6.07, 6.45) is 0.584. The first-order valence-corrected chi connectivity index (χ1v) is 9.71. The van der Waals surface area contributed by atoms with Gasteiger partial charge in [0.2, 0.25) is 11.1 Å². The van der Waals surface area contributed by atoms with E-state index < -0.39 is 11.0 Å². The van der Waals surface area contributed by atoms with E-state index in [1.807, 2.05) is 0 Å². The fourth-order valence-electron chi connectivity index (χ4n) is 3.34. The van der Waals surface area contributed by atoms with Crippen molar-refractivity contribution >= 4 is 33.7 Å². The lowest BCUT2D eigenvalue weighted by molar-refractivity contribution is 0.190. The highest BCUT2D eigenvalue weighted by Crippen LogP contribution is 2.24. The minimum absolute atomic E-state index is 0.0151. The van der Waals surface area contributed by atoms with Crippen molar-refractivity contribution in [3.8, 4) is 17.1 Å². The van der Waals surface area contributed by atoms with E-state index in [2.05, 4.69) is 4.98 Å². The van der Waals surface area contributed by atoms with Gasteiger partial charge in [0.25, 0.3) is 5.56 Å². The first-order valence-electron chi connectivity index (χ1n) is 9.33. The highest BCUT2D eigenvalue weighted by molar-refractivity contribution is 6.30. The summed E-state index contributed by atoms with van der Waals surface area (Å²) in [5, 5.41) is 0.783. The second-order valence-electron chi connectivity index (χ2n) is 6.72. The third-order valence-electron chi connectivity index (χ3n) is 4.84. The number of hydrogen-bond acceptors (Lipinski definition) is 6. The molecule has 0 aliphatic heterocycles. The molecule has 0 saturated heterocycles. The number of ether oxygens (including phenoxy) is 2. The number of aromatic nitrogens is 2. The molecule has 0 saturated carbocycles. The van der Waals surface area contributed by atoms with Gasteiger partial charge < -0.3 is 13.9 Å². The van der Waals surface area contributed by atoms with Gasteiger partial charge in [-0.2, -0.15) is 4.98 Å². The molecule has 0 radical (unpaired) electrons. The van der Waals surface area contributed by atoms with E-state index in [1.165, 1.54) is 11.7 Å². The second-order valence-corrected chi connectivity index (χ2v) is 7.16. The van der Waals surface area contributed by atoms with E-state index >= 15 is 0 Å². The Kier molecular flexibility index (Phi) is 5.57. The number of halogens is 1. The van der Waals surface area contributed by atoms with Crippen molar-refractivity contribution in [1.82, 2.24) is 9.55 Å². The molecular formula is C22H19ClN2O5. The highest BCUT2D eigenvalue weighted by Gasteiger charge is 2.19. The van der Waals surface area contributed by atoms with E-state index in [4.69, 9.17) is 25.5 Å². The van der Waals surface area contributed by atoms with Gasteiger partial charge in [0.1, 0.15) is 17.2 Å². The first kappa shape index (κ1) is 20.1. The fourth-order valence-corrected chi connectivity index (χ4v) is 3.46. The lowest BCUT2D eigenvalue weighted by atomic mass is 10.1. The lowest BCUT2D eigenvalue weighted by Gasteiger charge is -2.13. The fraction of sp³-hybridized carbons (Fsp3) is 0.227. The normalized spacial score (nSPS) is 11.3. The van der Waals surface area contributed by atoms with Crippen molar-refractivity contribution in [3.05, 3.63) is 68.1 Å². The van der Waals surface area contributed by atoms with E-state index in [0.29, 0.717) is 52.7 Å².